The van der Waals surface area contributed by atoms with Crippen LogP contribution in [0.25, 0.3) is 0 Å². The Hall–Kier alpha value is -0.840. The summed E-state index contributed by atoms with van der Waals surface area (Å²) in [6.07, 6.45) is 6.49. The molecule has 1 aromatic heterocycles. The predicted octanol–water partition coefficient (Wildman–Crippen LogP) is 4.30. The molecule has 0 amide bonds. The Bertz CT molecular complexity index is 428. The number of nitrogens with one attached hydrogen (secondary N) is 2. The van der Waals surface area contributed by atoms with Crippen LogP contribution in [0.1, 0.15) is 46.5 Å². The third-order valence-corrected chi connectivity index (χ3v) is 4.60. The number of aromatic nitrogens is 2. The summed E-state index contributed by atoms with van der Waals surface area (Å²) in [6, 6.07) is 0.513. The van der Waals surface area contributed by atoms with Gasteiger partial charge in [0.15, 0.2) is 0 Å². The standard InChI is InChI=1S/C15H25BrN4/c1-4-5-17-14-13(16)15(19-9-18-14)20-12-7-10(2)6-11(3)8-12/h9-12H,4-8H2,1-3H3,(H2,17,18,19,20). The largest absolute Gasteiger partial charge is 0.369 e. The lowest BCUT2D eigenvalue weighted by Crippen LogP contribution is -2.30. The average Bonchev–Trinajstić information content (AvgIpc) is 2.38. The van der Waals surface area contributed by atoms with Crippen molar-refractivity contribution in [2.75, 3.05) is 17.2 Å². The SMILES string of the molecule is CCCNc1ncnc(NC2CC(C)CC(C)C2)c1Br. The van der Waals surface area contributed by atoms with Crippen LogP contribution in [0.15, 0.2) is 10.8 Å². The number of hydrogen-bond acceptors (Lipinski definition) is 4. The minimum absolute atomic E-state index is 0.513. The van der Waals surface area contributed by atoms with Crippen LogP contribution in [0.4, 0.5) is 11.6 Å². The van der Waals surface area contributed by atoms with Crippen LogP contribution in [0.2, 0.25) is 0 Å². The molecule has 1 aliphatic carbocycles. The first-order valence-electron chi connectivity index (χ1n) is 7.61. The number of nitrogens with zero attached hydrogens (tertiary/aromatic N) is 2. The lowest BCUT2D eigenvalue weighted by atomic mass is 9.80. The highest BCUT2D eigenvalue weighted by Crippen LogP contribution is 2.33. The number of anilines is 2. The van der Waals surface area contributed by atoms with Crippen LogP contribution < -0.4 is 10.6 Å². The zero-order valence-corrected chi connectivity index (χ0v) is 14.2. The topological polar surface area (TPSA) is 49.8 Å². The van der Waals surface area contributed by atoms with Crippen molar-refractivity contribution in [1.29, 1.82) is 0 Å². The molecule has 5 heteroatoms. The van der Waals surface area contributed by atoms with E-state index in [0.29, 0.717) is 6.04 Å². The van der Waals surface area contributed by atoms with E-state index in [-0.39, 0.29) is 0 Å². The average molecular weight is 341 g/mol. The summed E-state index contributed by atoms with van der Waals surface area (Å²) in [6.45, 7) is 7.75. The Kier molecular flexibility index (Phi) is 5.64. The second-order valence-electron chi connectivity index (χ2n) is 6.07. The van der Waals surface area contributed by atoms with Gasteiger partial charge in [-0.25, -0.2) is 9.97 Å². The molecule has 2 rings (SSSR count). The summed E-state index contributed by atoms with van der Waals surface area (Å²) >= 11 is 3.62. The van der Waals surface area contributed by atoms with Gasteiger partial charge in [0.1, 0.15) is 22.4 Å². The first-order chi connectivity index (χ1) is 9.60. The normalized spacial score (nSPS) is 26.3. The lowest BCUT2D eigenvalue weighted by Gasteiger charge is -2.32. The molecular formula is C15H25BrN4. The first kappa shape index (κ1) is 15.5. The highest BCUT2D eigenvalue weighted by atomic mass is 79.9. The van der Waals surface area contributed by atoms with E-state index in [4.69, 9.17) is 0 Å². The highest BCUT2D eigenvalue weighted by Gasteiger charge is 2.24. The molecule has 2 unspecified atom stereocenters. The van der Waals surface area contributed by atoms with Gasteiger partial charge >= 0.3 is 0 Å². The fourth-order valence-corrected chi connectivity index (χ4v) is 3.55. The molecule has 0 aliphatic heterocycles. The second kappa shape index (κ2) is 7.25. The van der Waals surface area contributed by atoms with Gasteiger partial charge in [0, 0.05) is 12.6 Å². The molecule has 20 heavy (non-hydrogen) atoms. The van der Waals surface area contributed by atoms with Crippen molar-refractivity contribution in [2.45, 2.75) is 52.5 Å². The van der Waals surface area contributed by atoms with E-state index >= 15 is 0 Å². The maximum Gasteiger partial charge on any atom is 0.146 e. The Morgan fingerprint density at radius 1 is 1.15 bits per heavy atom. The Balaban J connectivity index is 2.05. The zero-order valence-electron chi connectivity index (χ0n) is 12.6. The molecule has 112 valence electrons. The molecular weight excluding hydrogens is 316 g/mol. The highest BCUT2D eigenvalue weighted by molar-refractivity contribution is 9.10. The van der Waals surface area contributed by atoms with Crippen LogP contribution in [-0.2, 0) is 0 Å². The molecule has 1 aromatic rings. The van der Waals surface area contributed by atoms with Crippen molar-refractivity contribution in [3.63, 3.8) is 0 Å². The molecule has 0 aromatic carbocycles. The Morgan fingerprint density at radius 2 is 1.80 bits per heavy atom. The molecule has 1 aliphatic rings. The van der Waals surface area contributed by atoms with Crippen LogP contribution in [-0.4, -0.2) is 22.6 Å². The minimum atomic E-state index is 0.513. The van der Waals surface area contributed by atoms with Gasteiger partial charge in [0.2, 0.25) is 0 Å². The third-order valence-electron chi connectivity index (χ3n) is 3.85. The molecule has 0 saturated heterocycles. The van der Waals surface area contributed by atoms with Crippen molar-refractivity contribution in [2.24, 2.45) is 11.8 Å². The smallest absolute Gasteiger partial charge is 0.146 e. The zero-order chi connectivity index (χ0) is 14.5. The van der Waals surface area contributed by atoms with Crippen molar-refractivity contribution in [1.82, 2.24) is 9.97 Å². The molecule has 1 saturated carbocycles. The van der Waals surface area contributed by atoms with Gasteiger partial charge in [0.25, 0.3) is 0 Å². The molecule has 0 radical (unpaired) electrons. The number of rotatable bonds is 5. The summed E-state index contributed by atoms with van der Waals surface area (Å²) in [5.74, 6) is 3.36. The minimum Gasteiger partial charge on any atom is -0.369 e. The molecule has 2 N–H and O–H groups in total. The van der Waals surface area contributed by atoms with Crippen molar-refractivity contribution < 1.29 is 0 Å². The van der Waals surface area contributed by atoms with E-state index in [0.717, 1.165) is 40.9 Å². The maximum atomic E-state index is 4.38. The van der Waals surface area contributed by atoms with Crippen LogP contribution in [0.5, 0.6) is 0 Å². The van der Waals surface area contributed by atoms with E-state index in [1.807, 2.05) is 0 Å². The van der Waals surface area contributed by atoms with E-state index in [1.165, 1.54) is 19.3 Å². The molecule has 0 bridgehead atoms. The number of hydrogen-bond donors (Lipinski definition) is 2. The molecule has 1 fully saturated rings. The summed E-state index contributed by atoms with van der Waals surface area (Å²) < 4.78 is 0.944. The van der Waals surface area contributed by atoms with Crippen LogP contribution in [0, 0.1) is 11.8 Å². The van der Waals surface area contributed by atoms with Crippen LogP contribution in [0.3, 0.4) is 0 Å². The summed E-state index contributed by atoms with van der Waals surface area (Å²) in [5, 5.41) is 6.91. The van der Waals surface area contributed by atoms with Crippen molar-refractivity contribution >= 4 is 27.6 Å². The van der Waals surface area contributed by atoms with Gasteiger partial charge in [-0.2, -0.15) is 0 Å². The third kappa shape index (κ3) is 4.08. The van der Waals surface area contributed by atoms with E-state index in [1.54, 1.807) is 6.33 Å². The van der Waals surface area contributed by atoms with Gasteiger partial charge in [-0.05, 0) is 53.4 Å². The van der Waals surface area contributed by atoms with Crippen LogP contribution >= 0.6 is 15.9 Å². The summed E-state index contributed by atoms with van der Waals surface area (Å²) in [5.41, 5.74) is 0. The Labute approximate surface area is 130 Å². The van der Waals surface area contributed by atoms with Gasteiger partial charge in [-0.15, -0.1) is 0 Å². The maximum absolute atomic E-state index is 4.38. The van der Waals surface area contributed by atoms with E-state index < -0.39 is 0 Å². The quantitative estimate of drug-likeness (QED) is 0.838. The molecule has 1 heterocycles. The van der Waals surface area contributed by atoms with Gasteiger partial charge in [-0.3, -0.25) is 0 Å². The van der Waals surface area contributed by atoms with Gasteiger partial charge in [0.05, 0.1) is 0 Å². The molecule has 2 atom stereocenters. The van der Waals surface area contributed by atoms with Gasteiger partial charge < -0.3 is 10.6 Å². The summed E-state index contributed by atoms with van der Waals surface area (Å²) in [4.78, 5) is 8.67. The fourth-order valence-electron chi connectivity index (χ4n) is 3.10. The van der Waals surface area contributed by atoms with Crippen molar-refractivity contribution in [3.8, 4) is 0 Å². The van der Waals surface area contributed by atoms with E-state index in [9.17, 15) is 0 Å². The van der Waals surface area contributed by atoms with Gasteiger partial charge in [-0.1, -0.05) is 20.8 Å². The second-order valence-corrected chi connectivity index (χ2v) is 6.86. The first-order valence-corrected chi connectivity index (χ1v) is 8.40. The number of halogens is 1. The summed E-state index contributed by atoms with van der Waals surface area (Å²) in [7, 11) is 0. The molecule has 4 nitrogen and oxygen atoms in total. The van der Waals surface area contributed by atoms with Crippen molar-refractivity contribution in [3.05, 3.63) is 10.8 Å². The fraction of sp³-hybridized carbons (Fsp3) is 0.733. The van der Waals surface area contributed by atoms with E-state index in [2.05, 4.69) is 57.3 Å². The predicted molar refractivity (Wildman–Crippen MR) is 88.1 cm³/mol. The Morgan fingerprint density at radius 3 is 2.45 bits per heavy atom. The lowest BCUT2D eigenvalue weighted by molar-refractivity contribution is 0.280. The molecule has 0 spiro atoms. The monoisotopic (exact) mass is 340 g/mol.